The first kappa shape index (κ1) is 28.4. The van der Waals surface area contributed by atoms with Crippen LogP contribution >= 0.6 is 0 Å². The molecule has 0 radical (unpaired) electrons. The Morgan fingerprint density at radius 1 is 0.886 bits per heavy atom. The van der Waals surface area contributed by atoms with Gasteiger partial charge in [-0.3, -0.25) is 18.6 Å². The molecule has 0 aromatic heterocycles. The molecule has 0 heterocycles. The molecule has 0 saturated carbocycles. The van der Waals surface area contributed by atoms with Crippen molar-refractivity contribution >= 4 is 59.9 Å². The van der Waals surface area contributed by atoms with Gasteiger partial charge >= 0.3 is 10.2 Å². The van der Waals surface area contributed by atoms with Crippen LogP contribution in [0.3, 0.4) is 0 Å². The molecule has 2 rings (SSSR count). The van der Waals surface area contributed by atoms with E-state index in [9.17, 15) is 39.2 Å². The monoisotopic (exact) mass is 547 g/mol. The summed E-state index contributed by atoms with van der Waals surface area (Å²) in [5.41, 5.74) is 0.805. The summed E-state index contributed by atoms with van der Waals surface area (Å²) in [6, 6.07) is 9.61. The molecule has 0 aliphatic rings. The van der Waals surface area contributed by atoms with Crippen LogP contribution in [0.2, 0.25) is 0 Å². The average molecular weight is 548 g/mol. The molecule has 0 bridgehead atoms. The lowest BCUT2D eigenvalue weighted by atomic mass is 10.1. The Morgan fingerprint density at radius 2 is 1.43 bits per heavy atom. The van der Waals surface area contributed by atoms with E-state index in [-0.39, 0.29) is 16.9 Å². The van der Waals surface area contributed by atoms with E-state index in [0.29, 0.717) is 5.56 Å². The minimum absolute atomic E-state index is 0.0728. The Bertz CT molecular complexity index is 1460. The van der Waals surface area contributed by atoms with Gasteiger partial charge in [0, 0.05) is 19.8 Å². The number of hydrogen-bond donors (Lipinski definition) is 4. The lowest BCUT2D eigenvalue weighted by molar-refractivity contribution is -0.118. The highest BCUT2D eigenvalue weighted by Crippen LogP contribution is 2.24. The van der Waals surface area contributed by atoms with Gasteiger partial charge in [0.15, 0.2) is 4.75 Å². The molecular weight excluding hydrogens is 522 g/mol. The number of carbonyl (C=O) groups is 1. The van der Waals surface area contributed by atoms with Crippen molar-refractivity contribution in [2.75, 3.05) is 24.1 Å². The van der Waals surface area contributed by atoms with Gasteiger partial charge in [0.05, 0.1) is 5.69 Å². The number of benzene rings is 2. The molecule has 0 fully saturated rings. The molecule has 0 atom stereocenters. The fourth-order valence-corrected chi connectivity index (χ4v) is 4.06. The SMILES string of the molecule is CN(C)S(=O)(=O)Nc1ccc(/C=C/c2ccc(NC(=O)C(C)(C)S(=O)(=O)O)cc2)c(S(=O)(=O)O)c1. The molecule has 2 aromatic carbocycles. The molecule has 35 heavy (non-hydrogen) atoms. The first-order valence-corrected chi connectivity index (χ1v) is 14.0. The van der Waals surface area contributed by atoms with Crippen molar-refractivity contribution in [1.82, 2.24) is 4.31 Å². The highest BCUT2D eigenvalue weighted by Gasteiger charge is 2.40. The molecule has 0 aliphatic carbocycles. The number of anilines is 2. The predicted molar refractivity (Wildman–Crippen MR) is 132 cm³/mol. The third-order valence-electron chi connectivity index (χ3n) is 4.83. The van der Waals surface area contributed by atoms with Crippen molar-refractivity contribution in [3.8, 4) is 0 Å². The second-order valence-corrected chi connectivity index (χ2v) is 13.3. The van der Waals surface area contributed by atoms with E-state index in [2.05, 4.69) is 10.0 Å². The van der Waals surface area contributed by atoms with Crippen LogP contribution in [0.1, 0.15) is 25.0 Å². The first-order chi connectivity index (χ1) is 15.8. The van der Waals surface area contributed by atoms with Crippen molar-refractivity contribution in [3.63, 3.8) is 0 Å². The average Bonchev–Trinajstić information content (AvgIpc) is 2.71. The van der Waals surface area contributed by atoms with Gasteiger partial charge in [0.2, 0.25) is 5.91 Å². The van der Waals surface area contributed by atoms with Crippen molar-refractivity contribution in [2.45, 2.75) is 23.5 Å². The largest absolute Gasteiger partial charge is 0.325 e. The van der Waals surface area contributed by atoms with E-state index >= 15 is 0 Å². The molecule has 0 spiro atoms. The lowest BCUT2D eigenvalue weighted by Crippen LogP contribution is -2.44. The van der Waals surface area contributed by atoms with E-state index in [1.54, 1.807) is 12.1 Å². The number of nitrogens with zero attached hydrogens (tertiary/aromatic N) is 1. The zero-order chi connectivity index (χ0) is 26.8. The Morgan fingerprint density at radius 3 is 1.91 bits per heavy atom. The summed E-state index contributed by atoms with van der Waals surface area (Å²) < 4.78 is 90.2. The summed E-state index contributed by atoms with van der Waals surface area (Å²) in [6.07, 6.45) is 2.88. The summed E-state index contributed by atoms with van der Waals surface area (Å²) in [7, 11) is -10.7. The van der Waals surface area contributed by atoms with Gasteiger partial charge < -0.3 is 5.32 Å². The molecule has 192 valence electrons. The van der Waals surface area contributed by atoms with Gasteiger partial charge in [-0.25, -0.2) is 0 Å². The van der Waals surface area contributed by atoms with E-state index in [4.69, 9.17) is 0 Å². The Labute approximate surface area is 204 Å². The summed E-state index contributed by atoms with van der Waals surface area (Å²) in [5.74, 6) is -0.939. The van der Waals surface area contributed by atoms with Gasteiger partial charge in [-0.05, 0) is 49.2 Å². The van der Waals surface area contributed by atoms with Crippen LogP contribution in [-0.2, 0) is 35.2 Å². The Balaban J connectivity index is 2.28. The van der Waals surface area contributed by atoms with Crippen LogP contribution in [0, 0.1) is 0 Å². The smallest absolute Gasteiger partial charge is 0.301 e. The second-order valence-electron chi connectivity index (χ2n) is 8.01. The molecule has 2 aromatic rings. The number of hydrogen-bond acceptors (Lipinski definition) is 7. The standard InChI is InChI=1S/C20H25N3O9S3/c1-20(2,34(28,29)30)19(24)21-16-10-6-14(7-11-16)5-8-15-9-12-17(13-18(15)33(25,26)27)22-35(31,32)23(3)4/h5-13,22H,1-4H3,(H,21,24)(H,25,26,27)(H,28,29,30)/b8-5+. The fourth-order valence-electron chi connectivity index (χ4n) is 2.46. The normalized spacial score (nSPS) is 13.2. The Hall–Kier alpha value is -2.82. The summed E-state index contributed by atoms with van der Waals surface area (Å²) in [6.45, 7) is 2.11. The molecule has 4 N–H and O–H groups in total. The number of carbonyl (C=O) groups excluding carboxylic acids is 1. The van der Waals surface area contributed by atoms with Gasteiger partial charge in [-0.1, -0.05) is 30.4 Å². The van der Waals surface area contributed by atoms with Crippen LogP contribution in [-0.4, -0.2) is 63.4 Å². The minimum atomic E-state index is -4.70. The van der Waals surface area contributed by atoms with Crippen molar-refractivity contribution < 1.29 is 39.2 Å². The quantitative estimate of drug-likeness (QED) is 0.269. The van der Waals surface area contributed by atoms with Crippen LogP contribution in [0.15, 0.2) is 47.4 Å². The third-order valence-corrected chi connectivity index (χ3v) is 8.67. The van der Waals surface area contributed by atoms with Gasteiger partial charge in [0.1, 0.15) is 4.90 Å². The first-order valence-electron chi connectivity index (χ1n) is 9.73. The lowest BCUT2D eigenvalue weighted by Gasteiger charge is -2.19. The van der Waals surface area contributed by atoms with Crippen LogP contribution in [0.4, 0.5) is 11.4 Å². The zero-order valence-corrected chi connectivity index (χ0v) is 21.6. The van der Waals surface area contributed by atoms with Crippen LogP contribution in [0.25, 0.3) is 12.2 Å². The van der Waals surface area contributed by atoms with Crippen molar-refractivity contribution in [2.24, 2.45) is 0 Å². The summed E-state index contributed by atoms with van der Waals surface area (Å²) in [4.78, 5) is 11.6. The van der Waals surface area contributed by atoms with E-state index in [1.807, 2.05) is 0 Å². The van der Waals surface area contributed by atoms with E-state index in [0.717, 1.165) is 24.2 Å². The number of nitrogens with one attached hydrogen (secondary N) is 2. The van der Waals surface area contributed by atoms with Crippen molar-refractivity contribution in [1.29, 1.82) is 0 Å². The highest BCUT2D eigenvalue weighted by molar-refractivity contribution is 7.90. The van der Waals surface area contributed by atoms with Crippen LogP contribution in [0.5, 0.6) is 0 Å². The molecular formula is C20H25N3O9S3. The summed E-state index contributed by atoms with van der Waals surface area (Å²) in [5, 5.41) is 2.38. The van der Waals surface area contributed by atoms with E-state index in [1.165, 1.54) is 50.5 Å². The molecule has 0 aliphatic heterocycles. The van der Waals surface area contributed by atoms with Crippen LogP contribution < -0.4 is 10.0 Å². The van der Waals surface area contributed by atoms with Gasteiger partial charge in [-0.15, -0.1) is 0 Å². The Kier molecular flexibility index (Phi) is 8.15. The molecule has 0 saturated heterocycles. The van der Waals surface area contributed by atoms with Gasteiger partial charge in [0.25, 0.3) is 20.2 Å². The minimum Gasteiger partial charge on any atom is -0.325 e. The fraction of sp³-hybridized carbons (Fsp3) is 0.250. The number of rotatable bonds is 9. The molecule has 12 nitrogen and oxygen atoms in total. The number of amides is 1. The topological polar surface area (TPSA) is 187 Å². The second kappa shape index (κ2) is 10.0. The third kappa shape index (κ3) is 7.09. The van der Waals surface area contributed by atoms with Crippen molar-refractivity contribution in [3.05, 3.63) is 53.6 Å². The zero-order valence-electron chi connectivity index (χ0n) is 19.1. The maximum Gasteiger partial charge on any atom is 0.301 e. The maximum absolute atomic E-state index is 12.2. The van der Waals surface area contributed by atoms with E-state index < -0.39 is 46.0 Å². The maximum atomic E-state index is 12.2. The molecule has 15 heteroatoms. The highest BCUT2D eigenvalue weighted by atomic mass is 32.2. The molecule has 0 unspecified atom stereocenters. The molecule has 1 amide bonds. The predicted octanol–water partition coefficient (Wildman–Crippen LogP) is 1.93. The van der Waals surface area contributed by atoms with Gasteiger partial charge in [-0.2, -0.15) is 29.6 Å². The summed E-state index contributed by atoms with van der Waals surface area (Å²) >= 11 is 0.